The van der Waals surface area contributed by atoms with Crippen LogP contribution in [0.1, 0.15) is 13.3 Å². The van der Waals surface area contributed by atoms with Gasteiger partial charge in [0.25, 0.3) is 5.56 Å². The number of thiophene rings is 1. The van der Waals surface area contributed by atoms with Gasteiger partial charge in [0, 0.05) is 29.7 Å². The van der Waals surface area contributed by atoms with E-state index in [0.29, 0.717) is 29.3 Å². The molecule has 0 unspecified atom stereocenters. The fourth-order valence-electron chi connectivity index (χ4n) is 2.41. The van der Waals surface area contributed by atoms with Crippen molar-refractivity contribution in [1.29, 1.82) is 5.26 Å². The Bertz CT molecular complexity index is 923. The summed E-state index contributed by atoms with van der Waals surface area (Å²) in [7, 11) is 0. The van der Waals surface area contributed by atoms with E-state index in [4.69, 9.17) is 5.26 Å². The van der Waals surface area contributed by atoms with E-state index >= 15 is 0 Å². The highest BCUT2D eigenvalue weighted by Gasteiger charge is 2.16. The van der Waals surface area contributed by atoms with Crippen molar-refractivity contribution in [3.8, 4) is 17.2 Å². The molecule has 0 saturated heterocycles. The molecule has 0 fully saturated rings. The first-order valence-corrected chi connectivity index (χ1v) is 9.20. The van der Waals surface area contributed by atoms with Crippen LogP contribution in [-0.2, 0) is 6.54 Å². The molecule has 1 aromatic carbocycles. The van der Waals surface area contributed by atoms with Crippen molar-refractivity contribution in [1.82, 2.24) is 9.55 Å². The average molecular weight is 341 g/mol. The van der Waals surface area contributed by atoms with E-state index in [1.54, 1.807) is 4.57 Å². The summed E-state index contributed by atoms with van der Waals surface area (Å²) >= 11 is 2.96. The molecule has 0 aliphatic rings. The Kier molecular flexibility index (Phi) is 4.79. The van der Waals surface area contributed by atoms with E-state index < -0.39 is 0 Å². The van der Waals surface area contributed by atoms with Gasteiger partial charge in [-0.3, -0.25) is 9.36 Å². The molecule has 0 N–H and O–H groups in total. The lowest BCUT2D eigenvalue weighted by Crippen LogP contribution is -2.22. The maximum atomic E-state index is 12.9. The van der Waals surface area contributed by atoms with Gasteiger partial charge in [-0.2, -0.15) is 5.26 Å². The third-order valence-electron chi connectivity index (χ3n) is 3.50. The molecule has 4 nitrogen and oxygen atoms in total. The van der Waals surface area contributed by atoms with E-state index in [1.807, 2.05) is 42.6 Å². The van der Waals surface area contributed by atoms with E-state index in [1.165, 1.54) is 23.1 Å². The van der Waals surface area contributed by atoms with Crippen molar-refractivity contribution in [3.63, 3.8) is 0 Å². The molecule has 0 spiro atoms. The highest BCUT2D eigenvalue weighted by atomic mass is 32.2. The lowest BCUT2D eigenvalue weighted by Gasteiger charge is -2.09. The molecule has 0 aliphatic carbocycles. The van der Waals surface area contributed by atoms with Gasteiger partial charge in [0.05, 0.1) is 11.5 Å². The molecule has 6 heteroatoms. The number of nitrogens with zero attached hydrogens (tertiary/aromatic N) is 3. The fraction of sp³-hybridized carbons (Fsp3) is 0.235. The Morgan fingerprint density at radius 3 is 2.83 bits per heavy atom. The van der Waals surface area contributed by atoms with E-state index in [9.17, 15) is 4.79 Å². The summed E-state index contributed by atoms with van der Waals surface area (Å²) in [4.78, 5) is 18.3. The Morgan fingerprint density at radius 1 is 1.35 bits per heavy atom. The molecule has 23 heavy (non-hydrogen) atoms. The van der Waals surface area contributed by atoms with Crippen molar-refractivity contribution in [2.75, 3.05) is 5.75 Å². The smallest absolute Gasteiger partial charge is 0.263 e. The predicted molar refractivity (Wildman–Crippen MR) is 95.9 cm³/mol. The van der Waals surface area contributed by atoms with Crippen LogP contribution in [-0.4, -0.2) is 15.3 Å². The van der Waals surface area contributed by atoms with E-state index in [2.05, 4.69) is 11.1 Å². The molecular weight excluding hydrogens is 326 g/mol. The number of nitriles is 1. The number of hydrogen-bond donors (Lipinski definition) is 0. The Balaban J connectivity index is 2.15. The molecule has 0 atom stereocenters. The summed E-state index contributed by atoms with van der Waals surface area (Å²) in [6.45, 7) is 2.51. The van der Waals surface area contributed by atoms with Crippen LogP contribution in [0.2, 0.25) is 0 Å². The van der Waals surface area contributed by atoms with Crippen LogP contribution in [0.25, 0.3) is 21.3 Å². The van der Waals surface area contributed by atoms with Gasteiger partial charge in [0.1, 0.15) is 4.83 Å². The van der Waals surface area contributed by atoms with Crippen LogP contribution in [0, 0.1) is 11.3 Å². The molecule has 0 radical (unpaired) electrons. The zero-order valence-electron chi connectivity index (χ0n) is 12.7. The Morgan fingerprint density at radius 2 is 2.13 bits per heavy atom. The zero-order chi connectivity index (χ0) is 16.2. The molecular formula is C17H15N3OS2. The molecule has 2 aromatic heterocycles. The Labute approximate surface area is 142 Å². The van der Waals surface area contributed by atoms with Gasteiger partial charge in [-0.05, 0) is 12.5 Å². The standard InChI is InChI=1S/C17H15N3OS2/c1-2-20-16(21)14-13(12-7-4-3-5-8-12)11-23-15(14)19-17(20)22-10-6-9-18/h3-5,7-8,11H,2,6,10H2,1H3. The lowest BCUT2D eigenvalue weighted by atomic mass is 10.1. The number of hydrogen-bond acceptors (Lipinski definition) is 5. The first-order chi connectivity index (χ1) is 11.3. The molecule has 0 saturated carbocycles. The van der Waals surface area contributed by atoms with Crippen molar-refractivity contribution < 1.29 is 0 Å². The maximum Gasteiger partial charge on any atom is 0.263 e. The van der Waals surface area contributed by atoms with Crippen molar-refractivity contribution in [2.45, 2.75) is 25.0 Å². The number of fused-ring (bicyclic) bond motifs is 1. The second kappa shape index (κ2) is 6.99. The SMILES string of the molecule is CCn1c(SCCC#N)nc2scc(-c3ccccc3)c2c1=O. The minimum atomic E-state index is -0.00272. The third-order valence-corrected chi connectivity index (χ3v) is 5.36. The maximum absolute atomic E-state index is 12.9. The van der Waals surface area contributed by atoms with E-state index in [-0.39, 0.29) is 5.56 Å². The molecule has 2 heterocycles. The second-order valence-electron chi connectivity index (χ2n) is 4.90. The van der Waals surface area contributed by atoms with Gasteiger partial charge in [0.2, 0.25) is 0 Å². The highest BCUT2D eigenvalue weighted by Crippen LogP contribution is 2.32. The largest absolute Gasteiger partial charge is 0.287 e. The molecule has 3 aromatic rings. The van der Waals surface area contributed by atoms with Gasteiger partial charge in [-0.15, -0.1) is 11.3 Å². The van der Waals surface area contributed by atoms with Crippen LogP contribution in [0.3, 0.4) is 0 Å². The number of rotatable bonds is 5. The van der Waals surface area contributed by atoms with Gasteiger partial charge in [-0.1, -0.05) is 42.1 Å². The van der Waals surface area contributed by atoms with Crippen LogP contribution < -0.4 is 5.56 Å². The van der Waals surface area contributed by atoms with Crippen molar-refractivity contribution in [3.05, 3.63) is 46.1 Å². The van der Waals surface area contributed by atoms with Crippen LogP contribution in [0.5, 0.6) is 0 Å². The predicted octanol–water partition coefficient (Wildman–Crippen LogP) is 4.15. The van der Waals surface area contributed by atoms with E-state index in [0.717, 1.165) is 16.0 Å². The molecule has 3 rings (SSSR count). The molecule has 0 amide bonds. The molecule has 0 bridgehead atoms. The summed E-state index contributed by atoms with van der Waals surface area (Å²) in [6, 6.07) is 12.0. The molecule has 116 valence electrons. The van der Waals surface area contributed by atoms with Gasteiger partial charge >= 0.3 is 0 Å². The summed E-state index contributed by atoms with van der Waals surface area (Å²) in [5.41, 5.74) is 1.97. The number of benzene rings is 1. The second-order valence-corrected chi connectivity index (χ2v) is 6.82. The number of aromatic nitrogens is 2. The highest BCUT2D eigenvalue weighted by molar-refractivity contribution is 7.99. The Hall–Kier alpha value is -2.10. The minimum absolute atomic E-state index is 0.00272. The van der Waals surface area contributed by atoms with Crippen molar-refractivity contribution >= 4 is 33.3 Å². The van der Waals surface area contributed by atoms with Crippen molar-refractivity contribution in [2.24, 2.45) is 0 Å². The first-order valence-electron chi connectivity index (χ1n) is 7.33. The van der Waals surface area contributed by atoms with Crippen LogP contribution >= 0.6 is 23.1 Å². The lowest BCUT2D eigenvalue weighted by molar-refractivity contribution is 0.635. The van der Waals surface area contributed by atoms with Gasteiger partial charge in [-0.25, -0.2) is 4.98 Å². The normalized spacial score (nSPS) is 10.8. The minimum Gasteiger partial charge on any atom is -0.287 e. The quantitative estimate of drug-likeness (QED) is 0.397. The fourth-order valence-corrected chi connectivity index (χ4v) is 4.31. The van der Waals surface area contributed by atoms with Crippen LogP contribution in [0.15, 0.2) is 45.7 Å². The molecule has 0 aliphatic heterocycles. The monoisotopic (exact) mass is 341 g/mol. The van der Waals surface area contributed by atoms with Gasteiger partial charge in [0.15, 0.2) is 5.16 Å². The summed E-state index contributed by atoms with van der Waals surface area (Å²) < 4.78 is 1.70. The number of thioether (sulfide) groups is 1. The summed E-state index contributed by atoms with van der Waals surface area (Å²) in [5.74, 6) is 0.644. The van der Waals surface area contributed by atoms with Gasteiger partial charge < -0.3 is 0 Å². The first kappa shape index (κ1) is 15.8. The third kappa shape index (κ3) is 3.03. The average Bonchev–Trinajstić information content (AvgIpc) is 3.00. The summed E-state index contributed by atoms with van der Waals surface area (Å²) in [6.07, 6.45) is 0.446. The topological polar surface area (TPSA) is 58.7 Å². The van der Waals surface area contributed by atoms with Crippen LogP contribution in [0.4, 0.5) is 0 Å². The summed E-state index contributed by atoms with van der Waals surface area (Å²) in [5, 5.41) is 12.1. The zero-order valence-corrected chi connectivity index (χ0v) is 14.3.